The van der Waals surface area contributed by atoms with Crippen molar-refractivity contribution >= 4 is 39.4 Å². The molecular formula is C3H7IN2S. The summed E-state index contributed by atoms with van der Waals surface area (Å²) >= 11 is 3.90. The number of alkyl halides is 1. The fourth-order valence-corrected chi connectivity index (χ4v) is 1.70. The van der Waals surface area contributed by atoms with Crippen LogP contribution in [0.3, 0.4) is 0 Å². The molecular weight excluding hydrogens is 223 g/mol. The van der Waals surface area contributed by atoms with Gasteiger partial charge in [-0.25, -0.2) is 0 Å². The molecule has 0 amide bonds. The van der Waals surface area contributed by atoms with E-state index in [0.717, 1.165) is 8.80 Å². The van der Waals surface area contributed by atoms with Crippen molar-refractivity contribution in [3.63, 3.8) is 0 Å². The molecule has 0 saturated carbocycles. The second-order valence-corrected chi connectivity index (χ2v) is 3.87. The van der Waals surface area contributed by atoms with E-state index in [0.29, 0.717) is 0 Å². The number of thioether (sulfide) groups is 1. The summed E-state index contributed by atoms with van der Waals surface area (Å²) in [6.45, 7) is 1.89. The van der Waals surface area contributed by atoms with Gasteiger partial charge in [-0.05, 0) is 6.92 Å². The van der Waals surface area contributed by atoms with Crippen molar-refractivity contribution in [1.29, 1.82) is 0 Å². The van der Waals surface area contributed by atoms with E-state index in [9.17, 15) is 0 Å². The van der Waals surface area contributed by atoms with Crippen LogP contribution in [0.2, 0.25) is 0 Å². The van der Waals surface area contributed by atoms with Crippen LogP contribution >= 0.6 is 34.4 Å². The molecule has 0 aliphatic rings. The number of halogens is 1. The van der Waals surface area contributed by atoms with Crippen LogP contribution in [0.25, 0.3) is 0 Å². The van der Waals surface area contributed by atoms with Gasteiger partial charge in [-0.1, -0.05) is 34.4 Å². The van der Waals surface area contributed by atoms with Crippen LogP contribution in [0.1, 0.15) is 6.92 Å². The number of nitrogens with two attached hydrogens (primary N) is 1. The van der Waals surface area contributed by atoms with Crippen LogP contribution < -0.4 is 5.84 Å². The molecule has 4 heteroatoms. The summed E-state index contributed by atoms with van der Waals surface area (Å²) in [6, 6.07) is 0. The highest BCUT2D eigenvalue weighted by Crippen LogP contribution is 2.05. The van der Waals surface area contributed by atoms with Crippen LogP contribution in [0.5, 0.6) is 0 Å². The van der Waals surface area contributed by atoms with Crippen molar-refractivity contribution in [2.75, 3.05) is 3.76 Å². The first kappa shape index (κ1) is 7.55. The fourth-order valence-electron chi connectivity index (χ4n) is 0.116. The van der Waals surface area contributed by atoms with Gasteiger partial charge in [0, 0.05) is 0 Å². The predicted molar refractivity (Wildman–Crippen MR) is 43.8 cm³/mol. The number of rotatable bonds is 1. The van der Waals surface area contributed by atoms with E-state index in [1.807, 2.05) is 6.92 Å². The van der Waals surface area contributed by atoms with Gasteiger partial charge in [0.1, 0.15) is 0 Å². The topological polar surface area (TPSA) is 38.4 Å². The molecule has 0 saturated heterocycles. The lowest BCUT2D eigenvalue weighted by Gasteiger charge is -1.87. The SMILES string of the molecule is C/C(=N/N)SCI. The van der Waals surface area contributed by atoms with Gasteiger partial charge in [-0.2, -0.15) is 5.10 Å². The van der Waals surface area contributed by atoms with Crippen LogP contribution in [0, 0.1) is 0 Å². The minimum atomic E-state index is 0.939. The van der Waals surface area contributed by atoms with Gasteiger partial charge in [-0.15, -0.1) is 0 Å². The van der Waals surface area contributed by atoms with Crippen molar-refractivity contribution in [2.24, 2.45) is 10.9 Å². The second-order valence-electron chi connectivity index (χ2n) is 0.902. The van der Waals surface area contributed by atoms with E-state index in [4.69, 9.17) is 5.84 Å². The lowest BCUT2D eigenvalue weighted by Crippen LogP contribution is -1.88. The number of nitrogens with zero attached hydrogens (tertiary/aromatic N) is 1. The van der Waals surface area contributed by atoms with Crippen molar-refractivity contribution in [3.8, 4) is 0 Å². The Labute approximate surface area is 61.1 Å². The molecule has 42 valence electrons. The first-order valence-electron chi connectivity index (χ1n) is 1.74. The minimum absolute atomic E-state index is 0.939. The largest absolute Gasteiger partial charge is 0.323 e. The average Bonchev–Trinajstić information content (AvgIpc) is 1.68. The van der Waals surface area contributed by atoms with Crippen molar-refractivity contribution < 1.29 is 0 Å². The minimum Gasteiger partial charge on any atom is -0.323 e. The van der Waals surface area contributed by atoms with E-state index in [-0.39, 0.29) is 0 Å². The summed E-state index contributed by atoms with van der Waals surface area (Å²) in [7, 11) is 0. The maximum atomic E-state index is 4.92. The summed E-state index contributed by atoms with van der Waals surface area (Å²) in [5.74, 6) is 4.92. The Hall–Kier alpha value is 0.550. The molecule has 0 radical (unpaired) electrons. The monoisotopic (exact) mass is 230 g/mol. The molecule has 0 aromatic heterocycles. The molecule has 0 unspecified atom stereocenters. The average molecular weight is 230 g/mol. The fraction of sp³-hybridized carbons (Fsp3) is 0.667. The number of hydrogen-bond acceptors (Lipinski definition) is 3. The lowest BCUT2D eigenvalue weighted by atomic mass is 10.9. The quantitative estimate of drug-likeness (QED) is 0.185. The summed E-state index contributed by atoms with van der Waals surface area (Å²) < 4.78 is 1.02. The first-order valence-corrected chi connectivity index (χ1v) is 4.25. The third-order valence-electron chi connectivity index (χ3n) is 0.445. The molecule has 0 rings (SSSR count). The Kier molecular flexibility index (Phi) is 5.07. The highest BCUT2D eigenvalue weighted by molar-refractivity contribution is 14.1. The molecule has 0 aliphatic carbocycles. The highest BCUT2D eigenvalue weighted by Gasteiger charge is 1.84. The number of hydrogen-bond donors (Lipinski definition) is 1. The van der Waals surface area contributed by atoms with Gasteiger partial charge in [0.15, 0.2) is 0 Å². The van der Waals surface area contributed by atoms with Gasteiger partial charge in [0.25, 0.3) is 0 Å². The Balaban J connectivity index is 3.17. The zero-order chi connectivity index (χ0) is 5.70. The van der Waals surface area contributed by atoms with Gasteiger partial charge >= 0.3 is 0 Å². The summed E-state index contributed by atoms with van der Waals surface area (Å²) in [5, 5.41) is 4.39. The molecule has 2 nitrogen and oxygen atoms in total. The molecule has 0 bridgehead atoms. The molecule has 0 fully saturated rings. The third kappa shape index (κ3) is 4.40. The molecule has 7 heavy (non-hydrogen) atoms. The Morgan fingerprint density at radius 3 is 2.71 bits per heavy atom. The molecule has 0 aliphatic heterocycles. The van der Waals surface area contributed by atoms with Crippen molar-refractivity contribution in [2.45, 2.75) is 6.92 Å². The maximum absolute atomic E-state index is 4.92. The van der Waals surface area contributed by atoms with E-state index in [1.54, 1.807) is 11.8 Å². The summed E-state index contributed by atoms with van der Waals surface area (Å²) in [6.07, 6.45) is 0. The van der Waals surface area contributed by atoms with Crippen LogP contribution in [0.15, 0.2) is 5.10 Å². The van der Waals surface area contributed by atoms with E-state index in [2.05, 4.69) is 27.7 Å². The van der Waals surface area contributed by atoms with Crippen molar-refractivity contribution in [1.82, 2.24) is 0 Å². The molecule has 0 heterocycles. The van der Waals surface area contributed by atoms with Crippen LogP contribution in [0.4, 0.5) is 0 Å². The van der Waals surface area contributed by atoms with Gasteiger partial charge in [0.05, 0.1) is 8.80 Å². The second kappa shape index (κ2) is 4.70. The summed E-state index contributed by atoms with van der Waals surface area (Å²) in [5.41, 5.74) is 0. The number of hydrazone groups is 1. The maximum Gasteiger partial charge on any atom is 0.0905 e. The molecule has 0 aromatic carbocycles. The van der Waals surface area contributed by atoms with Crippen molar-refractivity contribution in [3.05, 3.63) is 0 Å². The van der Waals surface area contributed by atoms with Crippen LogP contribution in [-0.2, 0) is 0 Å². The smallest absolute Gasteiger partial charge is 0.0905 e. The lowest BCUT2D eigenvalue weighted by molar-refractivity contribution is 1.26. The van der Waals surface area contributed by atoms with E-state index >= 15 is 0 Å². The molecule has 0 aromatic rings. The summed E-state index contributed by atoms with van der Waals surface area (Å²) in [4.78, 5) is 0. The van der Waals surface area contributed by atoms with Gasteiger partial charge < -0.3 is 5.84 Å². The highest BCUT2D eigenvalue weighted by atomic mass is 127. The standard InChI is InChI=1S/C3H7IN2S/c1-3(6-5)7-2-4/h2,5H2,1H3/b6-3-. The van der Waals surface area contributed by atoms with E-state index < -0.39 is 0 Å². The first-order chi connectivity index (χ1) is 3.31. The van der Waals surface area contributed by atoms with Gasteiger partial charge in [-0.3, -0.25) is 0 Å². The normalized spacial score (nSPS) is 12.0. The third-order valence-corrected chi connectivity index (χ3v) is 2.01. The Morgan fingerprint density at radius 1 is 2.00 bits per heavy atom. The predicted octanol–water partition coefficient (Wildman–Crippen LogP) is 1.40. The Bertz CT molecular complexity index is 73.3. The van der Waals surface area contributed by atoms with Gasteiger partial charge in [0.2, 0.25) is 0 Å². The molecule has 2 N–H and O–H groups in total. The molecule has 0 atom stereocenters. The molecule has 0 spiro atoms. The van der Waals surface area contributed by atoms with Crippen LogP contribution in [-0.4, -0.2) is 8.80 Å². The zero-order valence-corrected chi connectivity index (χ0v) is 6.99. The van der Waals surface area contributed by atoms with E-state index in [1.165, 1.54) is 0 Å². The zero-order valence-electron chi connectivity index (χ0n) is 4.02. The Morgan fingerprint density at radius 2 is 2.57 bits per heavy atom.